The molecule has 98 valence electrons. The number of aromatic nitrogens is 2. The Hall–Kier alpha value is -2.83. The van der Waals surface area contributed by atoms with Crippen molar-refractivity contribution >= 4 is 17.6 Å². The van der Waals surface area contributed by atoms with Crippen molar-refractivity contribution in [3.8, 4) is 5.75 Å². The Morgan fingerprint density at radius 2 is 2.16 bits per heavy atom. The predicted octanol–water partition coefficient (Wildman–Crippen LogP) is 1.37. The molecular formula is C12H11N3O4. The molecule has 2 aromatic rings. The highest BCUT2D eigenvalue weighted by Gasteiger charge is 2.18. The van der Waals surface area contributed by atoms with Crippen molar-refractivity contribution < 1.29 is 19.8 Å². The lowest BCUT2D eigenvalue weighted by molar-refractivity contribution is 0.0692. The summed E-state index contributed by atoms with van der Waals surface area (Å²) in [5, 5.41) is 20.9. The molecule has 0 aromatic carbocycles. The average Bonchev–Trinajstić information content (AvgIpc) is 2.70. The summed E-state index contributed by atoms with van der Waals surface area (Å²) in [5.74, 6) is -2.14. The second-order valence-electron chi connectivity index (χ2n) is 3.87. The Morgan fingerprint density at radius 1 is 1.42 bits per heavy atom. The van der Waals surface area contributed by atoms with Gasteiger partial charge in [-0.1, -0.05) is 0 Å². The quantitative estimate of drug-likeness (QED) is 0.666. The summed E-state index contributed by atoms with van der Waals surface area (Å²) in [6, 6.07) is 4.29. The topological polar surface area (TPSA) is 115 Å². The first kappa shape index (κ1) is 12.6. The zero-order valence-electron chi connectivity index (χ0n) is 9.97. The molecule has 2 aromatic heterocycles. The normalized spacial score (nSPS) is 10.2. The number of aromatic hydroxyl groups is 1. The Balaban J connectivity index is 2.29. The summed E-state index contributed by atoms with van der Waals surface area (Å²) >= 11 is 0. The number of carbonyl (C=O) groups is 2. The number of carboxylic acid groups (broad SMARTS) is 1. The second kappa shape index (κ2) is 4.81. The number of anilines is 1. The van der Waals surface area contributed by atoms with Crippen molar-refractivity contribution in [3.05, 3.63) is 41.5 Å². The van der Waals surface area contributed by atoms with Gasteiger partial charge < -0.3 is 20.5 Å². The molecule has 0 unspecified atom stereocenters. The third-order valence-corrected chi connectivity index (χ3v) is 2.42. The van der Waals surface area contributed by atoms with Crippen LogP contribution in [0.4, 0.5) is 5.69 Å². The number of carboxylic acids is 1. The van der Waals surface area contributed by atoms with E-state index in [1.807, 2.05) is 0 Å². The molecule has 1 amide bonds. The fourth-order valence-corrected chi connectivity index (χ4v) is 1.61. The van der Waals surface area contributed by atoms with Crippen LogP contribution in [-0.2, 0) is 0 Å². The van der Waals surface area contributed by atoms with E-state index in [1.165, 1.54) is 24.4 Å². The van der Waals surface area contributed by atoms with Crippen molar-refractivity contribution in [1.82, 2.24) is 9.97 Å². The lowest BCUT2D eigenvalue weighted by Crippen LogP contribution is -2.15. The molecule has 7 nitrogen and oxygen atoms in total. The van der Waals surface area contributed by atoms with Crippen molar-refractivity contribution in [2.75, 3.05) is 5.32 Å². The summed E-state index contributed by atoms with van der Waals surface area (Å²) in [7, 11) is 0. The molecule has 19 heavy (non-hydrogen) atoms. The van der Waals surface area contributed by atoms with E-state index in [0.29, 0.717) is 5.69 Å². The maximum Gasteiger partial charge on any atom is 0.354 e. The lowest BCUT2D eigenvalue weighted by Gasteiger charge is -2.04. The van der Waals surface area contributed by atoms with E-state index in [1.54, 1.807) is 6.92 Å². The Morgan fingerprint density at radius 3 is 2.79 bits per heavy atom. The number of pyridine rings is 1. The van der Waals surface area contributed by atoms with Gasteiger partial charge in [0.1, 0.15) is 11.4 Å². The van der Waals surface area contributed by atoms with E-state index in [-0.39, 0.29) is 22.8 Å². The number of carbonyl (C=O) groups excluding carboxylic acids is 1. The van der Waals surface area contributed by atoms with Gasteiger partial charge in [-0.05, 0) is 25.1 Å². The molecule has 0 aliphatic heterocycles. The lowest BCUT2D eigenvalue weighted by atomic mass is 10.3. The van der Waals surface area contributed by atoms with E-state index >= 15 is 0 Å². The van der Waals surface area contributed by atoms with Crippen molar-refractivity contribution in [3.63, 3.8) is 0 Å². The minimum atomic E-state index is -1.19. The van der Waals surface area contributed by atoms with Gasteiger partial charge in [0.15, 0.2) is 5.69 Å². The maximum atomic E-state index is 11.9. The van der Waals surface area contributed by atoms with E-state index in [4.69, 9.17) is 5.11 Å². The van der Waals surface area contributed by atoms with Crippen LogP contribution in [0.5, 0.6) is 5.75 Å². The Kier molecular flexibility index (Phi) is 3.19. The van der Waals surface area contributed by atoms with Crippen LogP contribution in [0.3, 0.4) is 0 Å². The smallest absolute Gasteiger partial charge is 0.354 e. The van der Waals surface area contributed by atoms with Gasteiger partial charge >= 0.3 is 5.97 Å². The van der Waals surface area contributed by atoms with Gasteiger partial charge in [0.25, 0.3) is 5.91 Å². The summed E-state index contributed by atoms with van der Waals surface area (Å²) in [5.41, 5.74) is 0.428. The largest absolute Gasteiger partial charge is 0.505 e. The molecule has 0 atom stereocenters. The molecule has 0 bridgehead atoms. The van der Waals surface area contributed by atoms with Gasteiger partial charge in [-0.3, -0.25) is 4.79 Å². The van der Waals surface area contributed by atoms with E-state index in [0.717, 1.165) is 0 Å². The number of rotatable bonds is 3. The molecule has 0 saturated heterocycles. The highest BCUT2D eigenvalue weighted by Crippen LogP contribution is 2.19. The highest BCUT2D eigenvalue weighted by molar-refractivity contribution is 6.07. The molecule has 0 spiro atoms. The number of nitrogens with zero attached hydrogens (tertiary/aromatic N) is 1. The SMILES string of the molecule is Cc1cc(NC(=O)c2ncccc2O)c(C(=O)O)[nH]1. The van der Waals surface area contributed by atoms with Crippen LogP contribution in [0.15, 0.2) is 24.4 Å². The summed E-state index contributed by atoms with van der Waals surface area (Å²) < 4.78 is 0. The predicted molar refractivity (Wildman–Crippen MR) is 66.3 cm³/mol. The highest BCUT2D eigenvalue weighted by atomic mass is 16.4. The summed E-state index contributed by atoms with van der Waals surface area (Å²) in [6.45, 7) is 1.67. The standard InChI is InChI=1S/C12H11N3O4/c1-6-5-7(9(14-6)12(18)19)15-11(17)10-8(16)3-2-4-13-10/h2-5,14,16H,1H3,(H,15,17)(H,18,19). The molecule has 0 fully saturated rings. The Labute approximate surface area is 107 Å². The molecule has 4 N–H and O–H groups in total. The van der Waals surface area contributed by atoms with Crippen LogP contribution in [0.2, 0.25) is 0 Å². The van der Waals surface area contributed by atoms with Crippen molar-refractivity contribution in [1.29, 1.82) is 0 Å². The number of amides is 1. The van der Waals surface area contributed by atoms with Gasteiger partial charge in [0, 0.05) is 11.9 Å². The zero-order chi connectivity index (χ0) is 14.0. The monoisotopic (exact) mass is 261 g/mol. The van der Waals surface area contributed by atoms with Gasteiger partial charge in [-0.15, -0.1) is 0 Å². The fourth-order valence-electron chi connectivity index (χ4n) is 1.61. The molecular weight excluding hydrogens is 250 g/mol. The van der Waals surface area contributed by atoms with Crippen LogP contribution in [0, 0.1) is 6.92 Å². The van der Waals surface area contributed by atoms with E-state index < -0.39 is 11.9 Å². The summed E-state index contributed by atoms with van der Waals surface area (Å²) in [6.07, 6.45) is 1.36. The summed E-state index contributed by atoms with van der Waals surface area (Å²) in [4.78, 5) is 29.2. The molecule has 2 rings (SSSR count). The van der Waals surface area contributed by atoms with Crippen molar-refractivity contribution in [2.45, 2.75) is 6.92 Å². The molecule has 0 aliphatic rings. The zero-order valence-corrected chi connectivity index (χ0v) is 9.97. The number of hydrogen-bond donors (Lipinski definition) is 4. The van der Waals surface area contributed by atoms with Gasteiger partial charge in [-0.25, -0.2) is 9.78 Å². The molecule has 7 heteroatoms. The molecule has 0 aliphatic carbocycles. The molecule has 0 radical (unpaired) electrons. The van der Waals surface area contributed by atoms with Crippen LogP contribution >= 0.6 is 0 Å². The molecule has 0 saturated carbocycles. The number of aromatic carboxylic acids is 1. The average molecular weight is 261 g/mol. The third-order valence-electron chi connectivity index (χ3n) is 2.42. The first-order valence-electron chi connectivity index (χ1n) is 5.37. The number of hydrogen-bond acceptors (Lipinski definition) is 4. The van der Waals surface area contributed by atoms with E-state index in [2.05, 4.69) is 15.3 Å². The minimum Gasteiger partial charge on any atom is -0.505 e. The van der Waals surface area contributed by atoms with E-state index in [9.17, 15) is 14.7 Å². The van der Waals surface area contributed by atoms with Crippen LogP contribution in [-0.4, -0.2) is 32.1 Å². The molecule has 2 heterocycles. The number of aryl methyl sites for hydroxylation is 1. The van der Waals surface area contributed by atoms with Crippen molar-refractivity contribution in [2.24, 2.45) is 0 Å². The van der Waals surface area contributed by atoms with Crippen LogP contribution in [0.25, 0.3) is 0 Å². The Bertz CT molecular complexity index is 648. The van der Waals surface area contributed by atoms with Crippen LogP contribution < -0.4 is 5.32 Å². The van der Waals surface area contributed by atoms with Gasteiger partial charge in [0.05, 0.1) is 5.69 Å². The number of H-pyrrole nitrogens is 1. The van der Waals surface area contributed by atoms with Gasteiger partial charge in [0.2, 0.25) is 0 Å². The minimum absolute atomic E-state index is 0.124. The third kappa shape index (κ3) is 2.54. The first-order chi connectivity index (χ1) is 8.99. The fraction of sp³-hybridized carbons (Fsp3) is 0.0833. The second-order valence-corrected chi connectivity index (χ2v) is 3.87. The van der Waals surface area contributed by atoms with Crippen LogP contribution in [0.1, 0.15) is 26.7 Å². The first-order valence-corrected chi connectivity index (χ1v) is 5.37. The van der Waals surface area contributed by atoms with Gasteiger partial charge in [-0.2, -0.15) is 0 Å². The number of aromatic amines is 1. The number of nitrogens with one attached hydrogen (secondary N) is 2. The maximum absolute atomic E-state index is 11.9.